The number of aromatic nitrogens is 1. The van der Waals surface area contributed by atoms with Gasteiger partial charge in [0, 0.05) is 28.8 Å². The zero-order valence-corrected chi connectivity index (χ0v) is 13.3. The molecule has 0 fully saturated rings. The average Bonchev–Trinajstić information content (AvgIpc) is 2.63. The number of carbonyl (C=O) groups excluding carboxylic acids is 2. The molecule has 0 atom stereocenters. The monoisotopic (exact) mass is 317 g/mol. The molecule has 1 amide bonds. The van der Waals surface area contributed by atoms with Gasteiger partial charge in [-0.2, -0.15) is 0 Å². The highest BCUT2D eigenvalue weighted by molar-refractivity contribution is 5.98. The third-order valence-electron chi connectivity index (χ3n) is 3.71. The van der Waals surface area contributed by atoms with Crippen molar-refractivity contribution in [2.45, 2.75) is 6.92 Å². The van der Waals surface area contributed by atoms with Crippen LogP contribution in [0.25, 0.3) is 11.3 Å². The van der Waals surface area contributed by atoms with Crippen LogP contribution in [0, 0.1) is 0 Å². The molecule has 1 N–H and O–H groups in total. The van der Waals surface area contributed by atoms with Gasteiger partial charge in [0.2, 0.25) is 11.9 Å². The largest absolute Gasteiger partial charge is 0.305 e. The van der Waals surface area contributed by atoms with Crippen molar-refractivity contribution in [1.82, 2.24) is 0 Å². The van der Waals surface area contributed by atoms with E-state index in [2.05, 4.69) is 5.43 Å². The zero-order chi connectivity index (χ0) is 16.9. The number of amides is 1. The van der Waals surface area contributed by atoms with Crippen molar-refractivity contribution in [2.24, 2.45) is 0 Å². The van der Waals surface area contributed by atoms with Gasteiger partial charge >= 0.3 is 5.91 Å². The molecule has 0 unspecified atom stereocenters. The molecule has 0 saturated heterocycles. The van der Waals surface area contributed by atoms with Crippen LogP contribution >= 0.6 is 0 Å². The Morgan fingerprint density at radius 1 is 0.792 bits per heavy atom. The second-order valence-electron chi connectivity index (χ2n) is 5.40. The Morgan fingerprint density at radius 2 is 1.46 bits per heavy atom. The van der Waals surface area contributed by atoms with Crippen molar-refractivity contribution in [3.8, 4) is 11.3 Å². The number of rotatable bonds is 4. The maximum absolute atomic E-state index is 12.4. The summed E-state index contributed by atoms with van der Waals surface area (Å²) < 4.78 is 1.68. The van der Waals surface area contributed by atoms with Crippen LogP contribution in [-0.4, -0.2) is 11.7 Å². The number of carbonyl (C=O) groups is 2. The predicted octanol–water partition coefficient (Wildman–Crippen LogP) is 3.23. The van der Waals surface area contributed by atoms with Crippen molar-refractivity contribution in [2.75, 3.05) is 5.43 Å². The molecular weight excluding hydrogens is 300 g/mol. The first kappa shape index (κ1) is 15.6. The fourth-order valence-electron chi connectivity index (χ4n) is 2.42. The van der Waals surface area contributed by atoms with Crippen molar-refractivity contribution >= 4 is 11.7 Å². The van der Waals surface area contributed by atoms with Gasteiger partial charge in [0.15, 0.2) is 5.78 Å². The van der Waals surface area contributed by atoms with Gasteiger partial charge in [0.05, 0.1) is 0 Å². The highest BCUT2D eigenvalue weighted by Gasteiger charge is 2.16. The number of nitrogens with one attached hydrogen (secondary N) is 1. The van der Waals surface area contributed by atoms with E-state index in [0.717, 1.165) is 11.3 Å². The van der Waals surface area contributed by atoms with Gasteiger partial charge in [-0.1, -0.05) is 35.0 Å². The van der Waals surface area contributed by atoms with E-state index in [-0.39, 0.29) is 11.7 Å². The van der Waals surface area contributed by atoms with Gasteiger partial charge in [-0.05, 0) is 37.3 Å². The molecule has 0 aliphatic rings. The molecule has 0 aliphatic heterocycles. The highest BCUT2D eigenvalue weighted by atomic mass is 16.2. The maximum atomic E-state index is 12.4. The van der Waals surface area contributed by atoms with E-state index in [1.165, 1.54) is 6.92 Å². The Morgan fingerprint density at radius 3 is 2.12 bits per heavy atom. The molecule has 1 aromatic heterocycles. The number of nitrogens with zero attached hydrogens (tertiary/aromatic N) is 1. The Kier molecular flexibility index (Phi) is 4.47. The van der Waals surface area contributed by atoms with E-state index in [1.54, 1.807) is 35.1 Å². The van der Waals surface area contributed by atoms with Gasteiger partial charge in [0.25, 0.3) is 0 Å². The smallest absolute Gasteiger partial charge is 0.295 e. The zero-order valence-electron chi connectivity index (χ0n) is 13.3. The number of hydrogen-bond donors (Lipinski definition) is 1. The standard InChI is InChI=1S/C20H16N2O2/c1-15(23)16-10-12-17(13-11-16)19-9-5-6-14-22(19)21-20(24)18-7-3-2-4-8-18/h2-14H,1H3/p+1. The molecular formula is C20H17N2O2+. The van der Waals surface area contributed by atoms with Crippen LogP contribution < -0.4 is 10.1 Å². The fourth-order valence-corrected chi connectivity index (χ4v) is 2.42. The van der Waals surface area contributed by atoms with Crippen LogP contribution in [0.4, 0.5) is 0 Å². The molecule has 3 aromatic rings. The minimum Gasteiger partial charge on any atom is -0.295 e. The lowest BCUT2D eigenvalue weighted by Crippen LogP contribution is -2.49. The second-order valence-corrected chi connectivity index (χ2v) is 5.40. The van der Waals surface area contributed by atoms with Crippen molar-refractivity contribution < 1.29 is 14.3 Å². The van der Waals surface area contributed by atoms with Crippen LogP contribution in [0.2, 0.25) is 0 Å². The molecule has 2 aromatic carbocycles. The third kappa shape index (κ3) is 3.38. The van der Waals surface area contributed by atoms with E-state index in [4.69, 9.17) is 0 Å². The van der Waals surface area contributed by atoms with Crippen LogP contribution in [0.3, 0.4) is 0 Å². The molecule has 3 rings (SSSR count). The van der Waals surface area contributed by atoms with Crippen LogP contribution in [0.5, 0.6) is 0 Å². The Hall–Kier alpha value is -3.27. The molecule has 0 spiro atoms. The van der Waals surface area contributed by atoms with Crippen LogP contribution in [-0.2, 0) is 0 Å². The first-order chi connectivity index (χ1) is 11.6. The second kappa shape index (κ2) is 6.87. The maximum Gasteiger partial charge on any atom is 0.305 e. The molecule has 118 valence electrons. The number of Topliss-reactive ketones (excluding diaryl/α,β-unsaturated/α-hetero) is 1. The summed E-state index contributed by atoms with van der Waals surface area (Å²) in [7, 11) is 0. The Labute approximate surface area is 140 Å². The molecule has 0 saturated carbocycles. The molecule has 4 nitrogen and oxygen atoms in total. The Balaban J connectivity index is 1.91. The van der Waals surface area contributed by atoms with Crippen LogP contribution in [0.15, 0.2) is 79.0 Å². The van der Waals surface area contributed by atoms with E-state index in [0.29, 0.717) is 11.1 Å². The van der Waals surface area contributed by atoms with E-state index in [9.17, 15) is 9.59 Å². The fraction of sp³-hybridized carbons (Fsp3) is 0.0500. The lowest BCUT2D eigenvalue weighted by molar-refractivity contribution is -0.630. The van der Waals surface area contributed by atoms with Crippen molar-refractivity contribution in [3.05, 3.63) is 90.1 Å². The summed E-state index contributed by atoms with van der Waals surface area (Å²) in [5.41, 5.74) is 5.87. The topological polar surface area (TPSA) is 50.0 Å². The number of benzene rings is 2. The van der Waals surface area contributed by atoms with Crippen molar-refractivity contribution in [3.63, 3.8) is 0 Å². The minimum absolute atomic E-state index is 0.0277. The van der Waals surface area contributed by atoms with Gasteiger partial charge < -0.3 is 0 Å². The summed E-state index contributed by atoms with van der Waals surface area (Å²) in [4.78, 5) is 23.8. The summed E-state index contributed by atoms with van der Waals surface area (Å²) >= 11 is 0. The first-order valence-electron chi connectivity index (χ1n) is 7.63. The predicted molar refractivity (Wildman–Crippen MR) is 92.2 cm³/mol. The van der Waals surface area contributed by atoms with Crippen molar-refractivity contribution in [1.29, 1.82) is 0 Å². The molecule has 24 heavy (non-hydrogen) atoms. The highest BCUT2D eigenvalue weighted by Crippen LogP contribution is 2.16. The van der Waals surface area contributed by atoms with Gasteiger partial charge in [-0.3, -0.25) is 9.59 Å². The lowest BCUT2D eigenvalue weighted by Gasteiger charge is -2.05. The van der Waals surface area contributed by atoms with Gasteiger partial charge in [-0.25, -0.2) is 0 Å². The van der Waals surface area contributed by atoms with E-state index < -0.39 is 0 Å². The molecule has 4 heteroatoms. The summed E-state index contributed by atoms with van der Waals surface area (Å²) in [6.45, 7) is 1.54. The molecule has 0 bridgehead atoms. The molecule has 0 aliphatic carbocycles. The Bertz CT molecular complexity index is 872. The molecule has 1 heterocycles. The van der Waals surface area contributed by atoms with Crippen LogP contribution in [0.1, 0.15) is 27.6 Å². The first-order valence-corrected chi connectivity index (χ1v) is 7.63. The quantitative estimate of drug-likeness (QED) is 0.593. The summed E-state index contributed by atoms with van der Waals surface area (Å²) in [5.74, 6) is -0.159. The van der Waals surface area contributed by atoms with Gasteiger partial charge in [0.1, 0.15) is 0 Å². The normalized spacial score (nSPS) is 10.2. The lowest BCUT2D eigenvalue weighted by atomic mass is 10.1. The SMILES string of the molecule is CC(=O)c1ccc(-c2cccc[n+]2NC(=O)c2ccccc2)cc1. The number of hydrogen-bond acceptors (Lipinski definition) is 2. The van der Waals surface area contributed by atoms with E-state index >= 15 is 0 Å². The number of ketones is 1. The van der Waals surface area contributed by atoms with Gasteiger partial charge in [-0.15, -0.1) is 5.43 Å². The number of pyridine rings is 1. The summed E-state index contributed by atoms with van der Waals surface area (Å²) in [5, 5.41) is 0. The average molecular weight is 317 g/mol. The molecule has 0 radical (unpaired) electrons. The summed E-state index contributed by atoms with van der Waals surface area (Å²) in [6, 6.07) is 22.0. The summed E-state index contributed by atoms with van der Waals surface area (Å²) in [6.07, 6.45) is 1.79. The third-order valence-corrected chi connectivity index (χ3v) is 3.71. The minimum atomic E-state index is -0.187. The van der Waals surface area contributed by atoms with E-state index in [1.807, 2.05) is 48.5 Å².